The number of benzene rings is 3. The van der Waals surface area contributed by atoms with E-state index in [0.29, 0.717) is 40.3 Å². The zero-order valence-corrected chi connectivity index (χ0v) is 23.7. The van der Waals surface area contributed by atoms with Crippen LogP contribution in [0.3, 0.4) is 0 Å². The SMILES string of the molecule is Cn1c(N2CCC(=O)NC2=O)cnc1-c1ccc2c(c1)CN(Cc1ccc(OCc3c(F)cccc3Cl)c(Cl)c1)C2. The minimum Gasteiger partial charge on any atom is -0.487 e. The summed E-state index contributed by atoms with van der Waals surface area (Å²) < 4.78 is 21.7. The second-order valence-corrected chi connectivity index (χ2v) is 11.0. The molecule has 3 aromatic carbocycles. The molecule has 0 unspecified atom stereocenters. The Balaban J connectivity index is 1.11. The number of nitrogens with one attached hydrogen (secondary N) is 1. The van der Waals surface area contributed by atoms with Gasteiger partial charge in [-0.2, -0.15) is 0 Å². The van der Waals surface area contributed by atoms with Gasteiger partial charge in [-0.1, -0.05) is 47.5 Å². The van der Waals surface area contributed by atoms with Gasteiger partial charge >= 0.3 is 6.03 Å². The number of fused-ring (bicyclic) bond motifs is 1. The summed E-state index contributed by atoms with van der Waals surface area (Å²) in [5, 5.41) is 3.11. The molecular weight excluding hydrogens is 568 g/mol. The van der Waals surface area contributed by atoms with Crippen molar-refractivity contribution >= 4 is 41.0 Å². The number of ether oxygens (including phenoxy) is 1. The summed E-state index contributed by atoms with van der Waals surface area (Å²) in [4.78, 5) is 32.3. The largest absolute Gasteiger partial charge is 0.487 e. The molecule has 3 amide bonds. The molecule has 6 rings (SSSR count). The fraction of sp³-hybridized carbons (Fsp3) is 0.233. The van der Waals surface area contributed by atoms with E-state index in [1.165, 1.54) is 22.1 Å². The number of hydrogen-bond acceptors (Lipinski definition) is 5. The van der Waals surface area contributed by atoms with Crippen LogP contribution in [0.2, 0.25) is 10.0 Å². The number of anilines is 1. The van der Waals surface area contributed by atoms with Crippen molar-refractivity contribution in [1.82, 2.24) is 19.8 Å². The van der Waals surface area contributed by atoms with Crippen LogP contribution in [0.5, 0.6) is 5.75 Å². The van der Waals surface area contributed by atoms with E-state index in [2.05, 4.69) is 27.3 Å². The molecule has 3 heterocycles. The quantitative estimate of drug-likeness (QED) is 0.281. The van der Waals surface area contributed by atoms with Crippen molar-refractivity contribution in [3.63, 3.8) is 0 Å². The highest BCUT2D eigenvalue weighted by Crippen LogP contribution is 2.33. The fourth-order valence-corrected chi connectivity index (χ4v) is 5.73. The van der Waals surface area contributed by atoms with Crippen LogP contribution in [0.25, 0.3) is 11.4 Å². The highest BCUT2D eigenvalue weighted by molar-refractivity contribution is 6.32. The topological polar surface area (TPSA) is 79.7 Å². The predicted molar refractivity (Wildman–Crippen MR) is 154 cm³/mol. The van der Waals surface area contributed by atoms with Crippen LogP contribution >= 0.6 is 23.2 Å². The monoisotopic (exact) mass is 593 g/mol. The number of urea groups is 1. The summed E-state index contributed by atoms with van der Waals surface area (Å²) in [6.45, 7) is 2.55. The Bertz CT molecular complexity index is 1650. The zero-order valence-electron chi connectivity index (χ0n) is 22.2. The predicted octanol–water partition coefficient (Wildman–Crippen LogP) is 6.07. The Morgan fingerprint density at radius 3 is 2.63 bits per heavy atom. The molecule has 2 aliphatic rings. The van der Waals surface area contributed by atoms with E-state index in [4.69, 9.17) is 27.9 Å². The van der Waals surface area contributed by atoms with Gasteiger partial charge in [-0.25, -0.2) is 14.2 Å². The highest BCUT2D eigenvalue weighted by atomic mass is 35.5. The third-order valence-electron chi connectivity index (χ3n) is 7.38. The van der Waals surface area contributed by atoms with Crippen molar-refractivity contribution in [3.05, 3.63) is 98.9 Å². The number of carbonyl (C=O) groups is 2. The number of imidazole rings is 1. The lowest BCUT2D eigenvalue weighted by atomic mass is 10.1. The molecule has 0 atom stereocenters. The lowest BCUT2D eigenvalue weighted by Crippen LogP contribution is -2.50. The molecule has 0 bridgehead atoms. The maximum atomic E-state index is 14.1. The number of halogens is 3. The summed E-state index contributed by atoms with van der Waals surface area (Å²) in [5.41, 5.74) is 4.73. The van der Waals surface area contributed by atoms with Gasteiger partial charge in [0.2, 0.25) is 5.91 Å². The summed E-state index contributed by atoms with van der Waals surface area (Å²) in [5.74, 6) is 1.15. The van der Waals surface area contributed by atoms with Crippen LogP contribution in [0.15, 0.2) is 60.8 Å². The first kappa shape index (κ1) is 27.3. The molecule has 0 radical (unpaired) electrons. The smallest absolute Gasteiger partial charge is 0.329 e. The molecule has 4 aromatic rings. The van der Waals surface area contributed by atoms with Crippen molar-refractivity contribution in [2.75, 3.05) is 11.4 Å². The maximum absolute atomic E-state index is 14.1. The molecule has 210 valence electrons. The van der Waals surface area contributed by atoms with Gasteiger partial charge in [0, 0.05) is 50.8 Å². The Hall–Kier alpha value is -3.92. The van der Waals surface area contributed by atoms with E-state index < -0.39 is 11.8 Å². The third-order valence-corrected chi connectivity index (χ3v) is 8.03. The summed E-state index contributed by atoms with van der Waals surface area (Å²) in [6.07, 6.45) is 1.91. The van der Waals surface area contributed by atoms with Crippen molar-refractivity contribution in [3.8, 4) is 17.1 Å². The molecule has 1 aromatic heterocycles. The van der Waals surface area contributed by atoms with Gasteiger partial charge in [0.15, 0.2) is 0 Å². The molecule has 8 nitrogen and oxygen atoms in total. The van der Waals surface area contributed by atoms with Crippen LogP contribution in [0.1, 0.15) is 28.7 Å². The number of carbonyl (C=O) groups excluding carboxylic acids is 2. The van der Waals surface area contributed by atoms with Gasteiger partial charge in [0.05, 0.1) is 16.2 Å². The number of imide groups is 1. The summed E-state index contributed by atoms with van der Waals surface area (Å²) in [7, 11) is 1.86. The third kappa shape index (κ3) is 5.53. The van der Waals surface area contributed by atoms with E-state index in [9.17, 15) is 14.0 Å². The first-order valence-electron chi connectivity index (χ1n) is 13.1. The molecular formula is C30H26Cl2FN5O3. The van der Waals surface area contributed by atoms with Crippen LogP contribution in [-0.2, 0) is 38.1 Å². The lowest BCUT2D eigenvalue weighted by molar-refractivity contribution is -0.120. The van der Waals surface area contributed by atoms with Gasteiger partial charge in [-0.15, -0.1) is 0 Å². The van der Waals surface area contributed by atoms with Gasteiger partial charge in [0.25, 0.3) is 0 Å². The number of amides is 3. The fourth-order valence-electron chi connectivity index (χ4n) is 5.26. The van der Waals surface area contributed by atoms with Crippen molar-refractivity contribution in [2.45, 2.75) is 32.7 Å². The van der Waals surface area contributed by atoms with Crippen LogP contribution in [0, 0.1) is 5.82 Å². The minimum absolute atomic E-state index is 0.0171. The Labute approximate surface area is 246 Å². The number of aromatic nitrogens is 2. The number of rotatable bonds is 7. The van der Waals surface area contributed by atoms with Gasteiger partial charge in [-0.05, 0) is 47.0 Å². The van der Waals surface area contributed by atoms with Gasteiger partial charge in [-0.3, -0.25) is 19.9 Å². The second kappa shape index (κ2) is 11.2. The van der Waals surface area contributed by atoms with Crippen molar-refractivity contribution in [2.24, 2.45) is 7.05 Å². The molecule has 0 saturated carbocycles. The van der Waals surface area contributed by atoms with E-state index in [1.807, 2.05) is 29.8 Å². The second-order valence-electron chi connectivity index (χ2n) is 10.1. The van der Waals surface area contributed by atoms with E-state index >= 15 is 0 Å². The number of hydrogen-bond donors (Lipinski definition) is 1. The first-order chi connectivity index (χ1) is 19.8. The minimum atomic E-state index is -0.436. The van der Waals surface area contributed by atoms with Crippen molar-refractivity contribution < 1.29 is 18.7 Å². The zero-order chi connectivity index (χ0) is 28.7. The molecule has 0 aliphatic carbocycles. The summed E-state index contributed by atoms with van der Waals surface area (Å²) >= 11 is 12.6. The van der Waals surface area contributed by atoms with Gasteiger partial charge < -0.3 is 9.30 Å². The van der Waals surface area contributed by atoms with Crippen LogP contribution < -0.4 is 15.0 Å². The first-order valence-corrected chi connectivity index (χ1v) is 13.8. The Morgan fingerprint density at radius 1 is 1.02 bits per heavy atom. The lowest BCUT2D eigenvalue weighted by Gasteiger charge is -2.26. The molecule has 0 spiro atoms. The maximum Gasteiger partial charge on any atom is 0.329 e. The Kier molecular flexibility index (Phi) is 7.42. The Morgan fingerprint density at radius 2 is 1.85 bits per heavy atom. The van der Waals surface area contributed by atoms with Crippen LogP contribution in [-0.4, -0.2) is 32.9 Å². The van der Waals surface area contributed by atoms with Crippen LogP contribution in [0.4, 0.5) is 15.0 Å². The van der Waals surface area contributed by atoms with Gasteiger partial charge in [0.1, 0.15) is 29.8 Å². The standard InChI is InChI=1S/C30H26Cl2FN5O3/c1-36-28(38-10-9-27(39)35-30(38)40)13-34-29(36)19-6-7-20-15-37(16-21(20)12-19)14-18-5-8-26(24(32)11-18)41-17-22-23(31)3-2-4-25(22)33/h2-8,11-13H,9-10,14-17H2,1H3,(H,35,39,40). The highest BCUT2D eigenvalue weighted by Gasteiger charge is 2.28. The molecule has 41 heavy (non-hydrogen) atoms. The van der Waals surface area contributed by atoms with E-state index in [0.717, 1.165) is 30.0 Å². The molecule has 1 saturated heterocycles. The summed E-state index contributed by atoms with van der Waals surface area (Å²) in [6, 6.07) is 16.0. The molecule has 1 N–H and O–H groups in total. The van der Waals surface area contributed by atoms with E-state index in [1.54, 1.807) is 24.4 Å². The van der Waals surface area contributed by atoms with Crippen molar-refractivity contribution in [1.29, 1.82) is 0 Å². The normalized spacial score (nSPS) is 15.3. The average Bonchev–Trinajstić information content (AvgIpc) is 3.51. The number of nitrogens with zero attached hydrogens (tertiary/aromatic N) is 4. The average molecular weight is 594 g/mol. The van der Waals surface area contributed by atoms with E-state index in [-0.39, 0.29) is 18.9 Å². The molecule has 2 aliphatic heterocycles. The molecule has 1 fully saturated rings. The molecule has 11 heteroatoms.